The van der Waals surface area contributed by atoms with E-state index in [1.165, 1.54) is 47.9 Å². The van der Waals surface area contributed by atoms with E-state index in [4.69, 9.17) is 37.3 Å². The molecule has 0 aromatic heterocycles. The number of esters is 5. The molecule has 1 aromatic carbocycles. The van der Waals surface area contributed by atoms with Gasteiger partial charge in [0.05, 0.1) is 60.2 Å². The van der Waals surface area contributed by atoms with Crippen molar-refractivity contribution in [2.45, 2.75) is 78.3 Å². The second-order valence-corrected chi connectivity index (χ2v) is 14.1. The molecular formula is C39H64N3O13P. The number of hydrogen-bond donors (Lipinski definition) is 0. The third-order valence-electron chi connectivity index (χ3n) is 8.69. The van der Waals surface area contributed by atoms with E-state index >= 15 is 0 Å². The number of ether oxygens (including phenoxy) is 5. The van der Waals surface area contributed by atoms with Crippen LogP contribution < -0.4 is 0 Å². The number of aryl methyl sites for hydroxylation is 1. The van der Waals surface area contributed by atoms with Gasteiger partial charge in [-0.3, -0.25) is 33.8 Å². The van der Waals surface area contributed by atoms with Crippen LogP contribution in [0.5, 0.6) is 0 Å². The molecule has 16 nitrogen and oxygen atoms in total. The first-order valence-corrected chi connectivity index (χ1v) is 20.0. The first-order valence-electron chi connectivity index (χ1n) is 18.9. The largest absolute Gasteiger partial charge is 0.468 e. The molecule has 1 aromatic rings. The molecule has 1 aliphatic rings. The Morgan fingerprint density at radius 3 is 1.84 bits per heavy atom. The van der Waals surface area contributed by atoms with Crippen LogP contribution >= 0.6 is 8.60 Å². The van der Waals surface area contributed by atoms with Crippen molar-refractivity contribution in [3.05, 3.63) is 48.0 Å². The maximum atomic E-state index is 12.9. The van der Waals surface area contributed by atoms with Gasteiger partial charge in [0.25, 0.3) is 0 Å². The Labute approximate surface area is 334 Å². The maximum absolute atomic E-state index is 12.9. The van der Waals surface area contributed by atoms with Gasteiger partial charge < -0.3 is 37.3 Å². The van der Waals surface area contributed by atoms with Crippen LogP contribution in [-0.2, 0) is 67.6 Å². The Hall–Kier alpha value is -3.50. The average Bonchev–Trinajstić information content (AvgIpc) is 3.20. The predicted molar refractivity (Wildman–Crippen MR) is 210 cm³/mol. The van der Waals surface area contributed by atoms with E-state index in [1.807, 2.05) is 49.1 Å². The second kappa shape index (κ2) is 30.6. The molecule has 2 rings (SSSR count). The molecule has 318 valence electrons. The monoisotopic (exact) mass is 813 g/mol. The third kappa shape index (κ3) is 22.3. The van der Waals surface area contributed by atoms with E-state index in [0.717, 1.165) is 32.1 Å². The van der Waals surface area contributed by atoms with Gasteiger partial charge in [0.15, 0.2) is 0 Å². The highest BCUT2D eigenvalue weighted by molar-refractivity contribution is 7.41. The lowest BCUT2D eigenvalue weighted by Gasteiger charge is -2.39. The highest BCUT2D eigenvalue weighted by Crippen LogP contribution is 2.39. The van der Waals surface area contributed by atoms with Gasteiger partial charge in [0.2, 0.25) is 0 Å². The number of nitrogens with zero attached hydrogens (tertiary/aromatic N) is 3. The van der Waals surface area contributed by atoms with Gasteiger partial charge in [-0.05, 0) is 50.0 Å². The summed E-state index contributed by atoms with van der Waals surface area (Å²) in [5.74, 6) is -2.48. The molecule has 17 heteroatoms. The summed E-state index contributed by atoms with van der Waals surface area (Å²) in [6, 6.07) is 8.91. The van der Waals surface area contributed by atoms with E-state index < -0.39 is 50.5 Å². The van der Waals surface area contributed by atoms with Crippen LogP contribution in [0.1, 0.15) is 65.4 Å². The summed E-state index contributed by atoms with van der Waals surface area (Å²) < 4.78 is 43.3. The molecule has 0 radical (unpaired) electrons. The zero-order valence-corrected chi connectivity index (χ0v) is 35.4. The molecule has 56 heavy (non-hydrogen) atoms. The van der Waals surface area contributed by atoms with Crippen LogP contribution in [0.15, 0.2) is 42.5 Å². The Morgan fingerprint density at radius 2 is 1.32 bits per heavy atom. The summed E-state index contributed by atoms with van der Waals surface area (Å²) in [5, 5.41) is 0. The Kier molecular flexibility index (Phi) is 27.6. The summed E-state index contributed by atoms with van der Waals surface area (Å²) >= 11 is 0. The molecule has 0 saturated heterocycles. The van der Waals surface area contributed by atoms with E-state index in [9.17, 15) is 24.0 Å². The van der Waals surface area contributed by atoms with Crippen molar-refractivity contribution < 1.29 is 61.2 Å². The minimum Gasteiger partial charge on any atom is -0.468 e. The first kappa shape index (κ1) is 50.5. The number of benzene rings is 1. The summed E-state index contributed by atoms with van der Waals surface area (Å²) in [5.41, 5.74) is 1.18. The molecule has 4 atom stereocenters. The van der Waals surface area contributed by atoms with Gasteiger partial charge >= 0.3 is 38.4 Å². The van der Waals surface area contributed by atoms with Crippen LogP contribution in [0.3, 0.4) is 0 Å². The van der Waals surface area contributed by atoms with Gasteiger partial charge in [-0.25, -0.2) is 4.90 Å². The molecular weight excluding hydrogens is 749 g/mol. The van der Waals surface area contributed by atoms with E-state index in [-0.39, 0.29) is 58.7 Å². The SMILES string of the molecule is CC.COC(=O)CN(CC(COP(OC)OCCCc1ccccc1)N(COC(C)=O)COC(C)=O)CC(CC1CC=CCC1)N(CC(=O)OC)CC(=O)OC. The van der Waals surface area contributed by atoms with Crippen LogP contribution in [0, 0.1) is 5.92 Å². The van der Waals surface area contributed by atoms with E-state index in [2.05, 4.69) is 12.2 Å². The summed E-state index contributed by atoms with van der Waals surface area (Å²) in [7, 11) is 3.48. The van der Waals surface area contributed by atoms with Crippen molar-refractivity contribution >= 4 is 38.4 Å². The summed E-state index contributed by atoms with van der Waals surface area (Å²) in [4.78, 5) is 67.1. The fourth-order valence-electron chi connectivity index (χ4n) is 5.83. The van der Waals surface area contributed by atoms with Crippen LogP contribution in [-0.4, -0.2) is 144 Å². The average molecular weight is 814 g/mol. The lowest BCUT2D eigenvalue weighted by Crippen LogP contribution is -2.54. The summed E-state index contributed by atoms with van der Waals surface area (Å²) in [6.07, 6.45) is 9.00. The van der Waals surface area contributed by atoms with Crippen molar-refractivity contribution in [2.24, 2.45) is 5.92 Å². The van der Waals surface area contributed by atoms with Crippen molar-refractivity contribution in [1.82, 2.24) is 14.7 Å². The van der Waals surface area contributed by atoms with E-state index in [0.29, 0.717) is 13.0 Å². The number of rotatable bonds is 27. The van der Waals surface area contributed by atoms with Gasteiger partial charge in [-0.1, -0.05) is 56.3 Å². The quantitative estimate of drug-likeness (QED) is 0.0304. The molecule has 0 spiro atoms. The standard InChI is InChI=1S/C37H58N3O13P.C2H6/c1-29(41)50-27-40(28-51-30(2)42)34(26-53-54(49-6)52-19-13-18-31-14-9-7-10-15-31)22-38(23-35(43)46-3)21-33(20-32-16-11-8-12-17-32)39(24-36(44)47-4)25-37(45)48-5;1-2/h7-11,14-15,32-34H,12-13,16-28H2,1-6H3;1-2H3. The van der Waals surface area contributed by atoms with Gasteiger partial charge in [-0.2, -0.15) is 0 Å². The minimum atomic E-state index is -1.82. The fraction of sp³-hybridized carbons (Fsp3) is 0.667. The Morgan fingerprint density at radius 1 is 0.750 bits per heavy atom. The number of methoxy groups -OCH3 is 3. The molecule has 0 N–H and O–H groups in total. The molecule has 0 saturated carbocycles. The second-order valence-electron chi connectivity index (χ2n) is 12.8. The van der Waals surface area contributed by atoms with Crippen molar-refractivity contribution in [3.63, 3.8) is 0 Å². The number of carbonyl (C=O) groups is 5. The van der Waals surface area contributed by atoms with Gasteiger partial charge in [0, 0.05) is 40.1 Å². The van der Waals surface area contributed by atoms with Crippen molar-refractivity contribution in [1.29, 1.82) is 0 Å². The normalized spacial score (nSPS) is 15.3. The highest BCUT2D eigenvalue weighted by Gasteiger charge is 2.32. The maximum Gasteiger partial charge on any atom is 0.332 e. The molecule has 4 unspecified atom stereocenters. The number of allylic oxidation sites excluding steroid dienone is 2. The Balaban J connectivity index is 0.00000771. The molecule has 1 aliphatic carbocycles. The van der Waals surface area contributed by atoms with E-state index in [1.54, 1.807) is 9.80 Å². The molecule has 0 aliphatic heterocycles. The fourth-order valence-corrected chi connectivity index (χ4v) is 6.69. The van der Waals surface area contributed by atoms with Crippen LogP contribution in [0.25, 0.3) is 0 Å². The van der Waals surface area contributed by atoms with Crippen LogP contribution in [0.4, 0.5) is 0 Å². The lowest BCUT2D eigenvalue weighted by atomic mass is 9.87. The number of carbonyl (C=O) groups excluding carboxylic acids is 5. The molecule has 0 heterocycles. The summed E-state index contributed by atoms with van der Waals surface area (Å²) in [6.45, 7) is 6.04. The van der Waals surface area contributed by atoms with Crippen molar-refractivity contribution in [3.8, 4) is 0 Å². The smallest absolute Gasteiger partial charge is 0.332 e. The Bertz CT molecular complexity index is 1270. The van der Waals surface area contributed by atoms with Crippen molar-refractivity contribution in [2.75, 3.05) is 87.8 Å². The highest BCUT2D eigenvalue weighted by atomic mass is 31.2. The predicted octanol–water partition coefficient (Wildman–Crippen LogP) is 4.50. The minimum absolute atomic E-state index is 0.0510. The topological polar surface area (TPSA) is 169 Å². The number of hydrogen-bond acceptors (Lipinski definition) is 16. The van der Waals surface area contributed by atoms with Gasteiger partial charge in [0.1, 0.15) is 13.5 Å². The third-order valence-corrected chi connectivity index (χ3v) is 9.74. The first-order chi connectivity index (χ1) is 27.0. The lowest BCUT2D eigenvalue weighted by molar-refractivity contribution is -0.159. The molecule has 0 fully saturated rings. The molecule has 0 bridgehead atoms. The molecule has 0 amide bonds. The zero-order valence-electron chi connectivity index (χ0n) is 34.5. The zero-order chi connectivity index (χ0) is 41.7. The van der Waals surface area contributed by atoms with Gasteiger partial charge in [-0.15, -0.1) is 0 Å². The van der Waals surface area contributed by atoms with Crippen LogP contribution in [0.2, 0.25) is 0 Å².